The SMILES string of the molecule is O=C(CSc1nnc(NC2CCCCC2)s1)Nc1ccc(Br)cc1Cl. The summed E-state index contributed by atoms with van der Waals surface area (Å²) >= 11 is 12.3. The number of amides is 1. The largest absolute Gasteiger partial charge is 0.357 e. The van der Waals surface area contributed by atoms with Gasteiger partial charge in [0.05, 0.1) is 16.5 Å². The molecule has 0 radical (unpaired) electrons. The highest BCUT2D eigenvalue weighted by atomic mass is 79.9. The number of carbonyl (C=O) groups excluding carboxylic acids is 1. The van der Waals surface area contributed by atoms with Gasteiger partial charge in [0.25, 0.3) is 0 Å². The van der Waals surface area contributed by atoms with Crippen LogP contribution in [-0.4, -0.2) is 27.9 Å². The van der Waals surface area contributed by atoms with E-state index in [2.05, 4.69) is 36.8 Å². The molecule has 2 aromatic rings. The van der Waals surface area contributed by atoms with E-state index in [1.165, 1.54) is 55.2 Å². The molecule has 2 N–H and O–H groups in total. The number of rotatable bonds is 6. The third kappa shape index (κ3) is 5.84. The molecule has 0 bridgehead atoms. The van der Waals surface area contributed by atoms with Gasteiger partial charge in [-0.05, 0) is 31.0 Å². The van der Waals surface area contributed by atoms with Crippen molar-refractivity contribution >= 4 is 67.4 Å². The molecule has 0 aliphatic heterocycles. The topological polar surface area (TPSA) is 66.9 Å². The van der Waals surface area contributed by atoms with Crippen LogP contribution in [0, 0.1) is 0 Å². The van der Waals surface area contributed by atoms with E-state index in [1.54, 1.807) is 12.1 Å². The second kappa shape index (κ2) is 9.21. The second-order valence-electron chi connectivity index (χ2n) is 5.81. The van der Waals surface area contributed by atoms with E-state index in [4.69, 9.17) is 11.6 Å². The lowest BCUT2D eigenvalue weighted by Gasteiger charge is -2.21. The average molecular weight is 462 g/mol. The van der Waals surface area contributed by atoms with Crippen molar-refractivity contribution in [3.8, 4) is 0 Å². The highest BCUT2D eigenvalue weighted by Gasteiger charge is 2.16. The van der Waals surface area contributed by atoms with E-state index in [0.29, 0.717) is 16.8 Å². The van der Waals surface area contributed by atoms with E-state index < -0.39 is 0 Å². The minimum atomic E-state index is -0.119. The van der Waals surface area contributed by atoms with E-state index in [0.717, 1.165) is 13.9 Å². The van der Waals surface area contributed by atoms with Crippen LogP contribution in [0.5, 0.6) is 0 Å². The van der Waals surface area contributed by atoms with Crippen molar-refractivity contribution in [3.05, 3.63) is 27.7 Å². The molecule has 3 rings (SSSR count). The number of nitrogens with one attached hydrogen (secondary N) is 2. The molecule has 1 amide bonds. The number of aromatic nitrogens is 2. The van der Waals surface area contributed by atoms with Crippen molar-refractivity contribution in [3.63, 3.8) is 0 Å². The molecule has 1 aliphatic rings. The van der Waals surface area contributed by atoms with Crippen molar-refractivity contribution in [1.82, 2.24) is 10.2 Å². The molecule has 0 saturated heterocycles. The smallest absolute Gasteiger partial charge is 0.234 e. The van der Waals surface area contributed by atoms with Crippen LogP contribution in [0.15, 0.2) is 27.0 Å². The molecule has 1 fully saturated rings. The third-order valence-corrected chi connectivity index (χ3v) is 6.66. The zero-order valence-electron chi connectivity index (χ0n) is 13.4. The summed E-state index contributed by atoms with van der Waals surface area (Å²) < 4.78 is 1.66. The highest BCUT2D eigenvalue weighted by molar-refractivity contribution is 9.10. The molecule has 9 heteroatoms. The summed E-state index contributed by atoms with van der Waals surface area (Å²) in [4.78, 5) is 12.1. The summed E-state index contributed by atoms with van der Waals surface area (Å²) in [5, 5.41) is 15.9. The summed E-state index contributed by atoms with van der Waals surface area (Å²) in [7, 11) is 0. The van der Waals surface area contributed by atoms with Gasteiger partial charge in [0.1, 0.15) is 0 Å². The maximum absolute atomic E-state index is 12.1. The van der Waals surface area contributed by atoms with E-state index >= 15 is 0 Å². The first kappa shape index (κ1) is 18.9. The fraction of sp³-hybridized carbons (Fsp3) is 0.438. The van der Waals surface area contributed by atoms with Gasteiger partial charge in [-0.1, -0.05) is 69.9 Å². The van der Waals surface area contributed by atoms with Crippen LogP contribution < -0.4 is 10.6 Å². The first-order valence-electron chi connectivity index (χ1n) is 8.08. The summed E-state index contributed by atoms with van der Waals surface area (Å²) in [5.41, 5.74) is 0.604. The molecule has 0 unspecified atom stereocenters. The van der Waals surface area contributed by atoms with Crippen molar-refractivity contribution in [2.24, 2.45) is 0 Å². The Morgan fingerprint density at radius 1 is 1.32 bits per heavy atom. The number of halogens is 2. The molecular formula is C16H18BrClN4OS2. The monoisotopic (exact) mass is 460 g/mol. The molecule has 1 heterocycles. The second-order valence-corrected chi connectivity index (χ2v) is 9.34. The number of anilines is 2. The first-order valence-corrected chi connectivity index (χ1v) is 11.1. The van der Waals surface area contributed by atoms with Gasteiger partial charge in [0, 0.05) is 10.5 Å². The molecule has 134 valence electrons. The Kier molecular flexibility index (Phi) is 6.98. The van der Waals surface area contributed by atoms with Crippen LogP contribution in [0.3, 0.4) is 0 Å². The highest BCUT2D eigenvalue weighted by Crippen LogP contribution is 2.29. The molecule has 1 saturated carbocycles. The van der Waals surface area contributed by atoms with Crippen LogP contribution >= 0.6 is 50.6 Å². The van der Waals surface area contributed by atoms with Crippen molar-refractivity contribution in [2.75, 3.05) is 16.4 Å². The maximum atomic E-state index is 12.1. The predicted octanol–water partition coefficient (Wildman–Crippen LogP) is 5.43. The Morgan fingerprint density at radius 2 is 2.12 bits per heavy atom. The van der Waals surface area contributed by atoms with Crippen LogP contribution in [0.2, 0.25) is 5.02 Å². The molecule has 0 spiro atoms. The fourth-order valence-corrected chi connectivity index (χ4v) is 5.00. The minimum Gasteiger partial charge on any atom is -0.357 e. The summed E-state index contributed by atoms with van der Waals surface area (Å²) in [6.45, 7) is 0. The van der Waals surface area contributed by atoms with Gasteiger partial charge in [-0.15, -0.1) is 10.2 Å². The van der Waals surface area contributed by atoms with E-state index in [-0.39, 0.29) is 11.7 Å². The first-order chi connectivity index (χ1) is 12.1. The van der Waals surface area contributed by atoms with Gasteiger partial charge in [-0.3, -0.25) is 4.79 Å². The molecule has 1 aromatic heterocycles. The van der Waals surface area contributed by atoms with Crippen LogP contribution in [0.1, 0.15) is 32.1 Å². The van der Waals surface area contributed by atoms with Gasteiger partial charge in [-0.2, -0.15) is 0 Å². The lowest BCUT2D eigenvalue weighted by atomic mass is 9.96. The maximum Gasteiger partial charge on any atom is 0.234 e. The third-order valence-electron chi connectivity index (χ3n) is 3.87. The zero-order valence-corrected chi connectivity index (χ0v) is 17.4. The summed E-state index contributed by atoms with van der Waals surface area (Å²) in [5.74, 6) is 0.149. The van der Waals surface area contributed by atoms with Gasteiger partial charge >= 0.3 is 0 Å². The zero-order chi connectivity index (χ0) is 17.6. The molecule has 1 aliphatic carbocycles. The van der Waals surface area contributed by atoms with Gasteiger partial charge in [0.15, 0.2) is 4.34 Å². The Morgan fingerprint density at radius 3 is 2.88 bits per heavy atom. The average Bonchev–Trinajstić information content (AvgIpc) is 3.04. The number of carbonyl (C=O) groups is 1. The number of nitrogens with zero attached hydrogens (tertiary/aromatic N) is 2. The van der Waals surface area contributed by atoms with Crippen LogP contribution in [-0.2, 0) is 4.79 Å². The molecular weight excluding hydrogens is 444 g/mol. The Labute approximate surface area is 168 Å². The molecule has 1 aromatic carbocycles. The lowest BCUT2D eigenvalue weighted by Crippen LogP contribution is -2.21. The molecule has 5 nitrogen and oxygen atoms in total. The quantitative estimate of drug-likeness (QED) is 0.561. The summed E-state index contributed by atoms with van der Waals surface area (Å²) in [6.07, 6.45) is 6.26. The standard InChI is InChI=1S/C16H18BrClN4OS2/c17-10-6-7-13(12(18)8-10)20-14(23)9-24-16-22-21-15(25-16)19-11-4-2-1-3-5-11/h6-8,11H,1-5,9H2,(H,19,21)(H,20,23). The number of hydrogen-bond acceptors (Lipinski definition) is 6. The normalized spacial score (nSPS) is 15.1. The van der Waals surface area contributed by atoms with Crippen molar-refractivity contribution in [1.29, 1.82) is 0 Å². The number of hydrogen-bond donors (Lipinski definition) is 2. The van der Waals surface area contributed by atoms with Gasteiger partial charge in [0.2, 0.25) is 11.0 Å². The van der Waals surface area contributed by atoms with E-state index in [9.17, 15) is 4.79 Å². The lowest BCUT2D eigenvalue weighted by molar-refractivity contribution is -0.113. The van der Waals surface area contributed by atoms with E-state index in [1.807, 2.05) is 6.07 Å². The number of thioether (sulfide) groups is 1. The Balaban J connectivity index is 1.47. The Hall–Kier alpha value is -0.830. The molecule has 0 atom stereocenters. The van der Waals surface area contributed by atoms with Crippen LogP contribution in [0.4, 0.5) is 10.8 Å². The van der Waals surface area contributed by atoms with Crippen LogP contribution in [0.25, 0.3) is 0 Å². The molecule has 25 heavy (non-hydrogen) atoms. The van der Waals surface area contributed by atoms with Crippen molar-refractivity contribution < 1.29 is 4.79 Å². The van der Waals surface area contributed by atoms with Crippen molar-refractivity contribution in [2.45, 2.75) is 42.5 Å². The van der Waals surface area contributed by atoms with Gasteiger partial charge < -0.3 is 10.6 Å². The predicted molar refractivity (Wildman–Crippen MR) is 109 cm³/mol. The van der Waals surface area contributed by atoms with Gasteiger partial charge in [-0.25, -0.2) is 0 Å². The summed E-state index contributed by atoms with van der Waals surface area (Å²) in [6, 6.07) is 5.86. The minimum absolute atomic E-state index is 0.119. The Bertz CT molecular complexity index is 737. The number of benzene rings is 1. The fourth-order valence-electron chi connectivity index (χ4n) is 2.65.